The van der Waals surface area contributed by atoms with Crippen LogP contribution >= 0.6 is 15.9 Å². The Morgan fingerprint density at radius 1 is 1.44 bits per heavy atom. The van der Waals surface area contributed by atoms with Gasteiger partial charge in [-0.25, -0.2) is 4.79 Å². The Morgan fingerprint density at radius 3 is 2.78 bits per heavy atom. The van der Waals surface area contributed by atoms with E-state index < -0.39 is 5.97 Å². The fourth-order valence-electron chi connectivity index (χ4n) is 2.02. The maximum atomic E-state index is 10.9. The predicted octanol–water partition coefficient (Wildman–Crippen LogP) is 4.05. The second-order valence-corrected chi connectivity index (χ2v) is 5.40. The molecule has 0 atom stereocenters. The van der Waals surface area contributed by atoms with E-state index in [9.17, 15) is 4.79 Å². The summed E-state index contributed by atoms with van der Waals surface area (Å²) in [7, 11) is 0. The number of allylic oxidation sites excluding steroid dienone is 1. The van der Waals surface area contributed by atoms with Gasteiger partial charge in [-0.3, -0.25) is 0 Å². The van der Waals surface area contributed by atoms with Crippen LogP contribution in [0, 0.1) is 5.92 Å². The number of carbonyl (C=O) groups is 1. The Balaban J connectivity index is 2.65. The van der Waals surface area contributed by atoms with Crippen molar-refractivity contribution in [3.05, 3.63) is 40.5 Å². The quantitative estimate of drug-likeness (QED) is 0.840. The zero-order valence-corrected chi connectivity index (χ0v) is 11.8. The molecule has 18 heavy (non-hydrogen) atoms. The average Bonchev–Trinajstić information content (AvgIpc) is 2.68. The van der Waals surface area contributed by atoms with Crippen LogP contribution in [0.3, 0.4) is 0 Å². The molecule has 2 aromatic rings. The van der Waals surface area contributed by atoms with Crippen molar-refractivity contribution in [2.75, 3.05) is 0 Å². The van der Waals surface area contributed by atoms with E-state index in [0.29, 0.717) is 0 Å². The van der Waals surface area contributed by atoms with Gasteiger partial charge in [-0.05, 0) is 29.7 Å². The number of halogens is 1. The highest BCUT2D eigenvalue weighted by molar-refractivity contribution is 9.10. The topological polar surface area (TPSA) is 53.1 Å². The summed E-state index contributed by atoms with van der Waals surface area (Å²) >= 11 is 3.44. The summed E-state index contributed by atoms with van der Waals surface area (Å²) in [6, 6.07) is 5.93. The highest BCUT2D eigenvalue weighted by Crippen LogP contribution is 2.31. The number of nitrogens with one attached hydrogen (secondary N) is 1. The molecule has 0 saturated carbocycles. The van der Waals surface area contributed by atoms with Gasteiger partial charge >= 0.3 is 5.97 Å². The molecule has 4 heteroatoms. The zero-order valence-electron chi connectivity index (χ0n) is 10.2. The number of fused-ring (bicyclic) bond motifs is 1. The minimum absolute atomic E-state index is 0.152. The van der Waals surface area contributed by atoms with E-state index in [4.69, 9.17) is 5.11 Å². The molecule has 0 spiro atoms. The highest BCUT2D eigenvalue weighted by atomic mass is 79.9. The number of benzene rings is 1. The van der Waals surface area contributed by atoms with Crippen molar-refractivity contribution in [1.82, 2.24) is 4.98 Å². The molecule has 1 heterocycles. The van der Waals surface area contributed by atoms with Gasteiger partial charge in [0.2, 0.25) is 0 Å². The van der Waals surface area contributed by atoms with Crippen molar-refractivity contribution in [2.45, 2.75) is 13.8 Å². The fraction of sp³-hybridized carbons (Fsp3) is 0.214. The van der Waals surface area contributed by atoms with E-state index in [2.05, 4.69) is 20.9 Å². The number of H-pyrrole nitrogens is 1. The van der Waals surface area contributed by atoms with Crippen molar-refractivity contribution in [3.8, 4) is 0 Å². The normalized spacial score (nSPS) is 12.3. The molecule has 0 unspecified atom stereocenters. The molecular weight excluding hydrogens is 294 g/mol. The van der Waals surface area contributed by atoms with Gasteiger partial charge in [-0.15, -0.1) is 0 Å². The summed E-state index contributed by atoms with van der Waals surface area (Å²) in [6.45, 7) is 3.98. The summed E-state index contributed by atoms with van der Waals surface area (Å²) in [5.74, 6) is -0.762. The van der Waals surface area contributed by atoms with E-state index in [-0.39, 0.29) is 5.92 Å². The molecule has 0 aliphatic heterocycles. The minimum atomic E-state index is -0.914. The largest absolute Gasteiger partial charge is 0.478 e. The van der Waals surface area contributed by atoms with Crippen LogP contribution in [-0.2, 0) is 4.79 Å². The van der Waals surface area contributed by atoms with E-state index in [1.54, 1.807) is 0 Å². The Bertz CT molecular complexity index is 626. The van der Waals surface area contributed by atoms with Crippen LogP contribution in [0.5, 0.6) is 0 Å². The molecule has 0 aliphatic rings. The minimum Gasteiger partial charge on any atom is -0.478 e. The van der Waals surface area contributed by atoms with Gasteiger partial charge in [0.05, 0.1) is 0 Å². The molecule has 0 radical (unpaired) electrons. The first-order valence-corrected chi connectivity index (χ1v) is 6.50. The van der Waals surface area contributed by atoms with Crippen LogP contribution < -0.4 is 0 Å². The SMILES string of the molecule is CC(C)/C(=C\C(=O)O)c1c[nH]c2ccc(Br)cc12. The molecule has 2 rings (SSSR count). The highest BCUT2D eigenvalue weighted by Gasteiger charge is 2.13. The van der Waals surface area contributed by atoms with Crippen LogP contribution in [0.25, 0.3) is 16.5 Å². The van der Waals surface area contributed by atoms with Crippen LogP contribution in [0.1, 0.15) is 19.4 Å². The van der Waals surface area contributed by atoms with Crippen molar-refractivity contribution < 1.29 is 9.90 Å². The van der Waals surface area contributed by atoms with Gasteiger partial charge < -0.3 is 10.1 Å². The van der Waals surface area contributed by atoms with Gasteiger partial charge in [-0.2, -0.15) is 0 Å². The third-order valence-electron chi connectivity index (χ3n) is 2.86. The Hall–Kier alpha value is -1.55. The van der Waals surface area contributed by atoms with Crippen molar-refractivity contribution in [1.29, 1.82) is 0 Å². The second kappa shape index (κ2) is 4.98. The lowest BCUT2D eigenvalue weighted by Gasteiger charge is -2.09. The summed E-state index contributed by atoms with van der Waals surface area (Å²) in [6.07, 6.45) is 3.15. The van der Waals surface area contributed by atoms with Crippen LogP contribution in [0.2, 0.25) is 0 Å². The smallest absolute Gasteiger partial charge is 0.328 e. The summed E-state index contributed by atoms with van der Waals surface area (Å²) < 4.78 is 0.981. The molecule has 0 aliphatic carbocycles. The Kier molecular flexibility index (Phi) is 3.57. The number of rotatable bonds is 3. The molecule has 0 saturated heterocycles. The first kappa shape index (κ1) is 12.9. The number of aliphatic carboxylic acids is 1. The maximum Gasteiger partial charge on any atom is 0.328 e. The summed E-state index contributed by atoms with van der Waals surface area (Å²) in [5, 5.41) is 10.00. The molecule has 0 fully saturated rings. The lowest BCUT2D eigenvalue weighted by molar-refractivity contribution is -0.131. The van der Waals surface area contributed by atoms with Crippen molar-refractivity contribution in [2.24, 2.45) is 5.92 Å². The lowest BCUT2D eigenvalue weighted by atomic mass is 9.94. The monoisotopic (exact) mass is 307 g/mol. The third kappa shape index (κ3) is 2.48. The number of carboxylic acids is 1. The number of aromatic amines is 1. The van der Waals surface area contributed by atoms with Crippen LogP contribution in [-0.4, -0.2) is 16.1 Å². The maximum absolute atomic E-state index is 10.9. The first-order valence-electron chi connectivity index (χ1n) is 5.70. The number of hydrogen-bond acceptors (Lipinski definition) is 1. The predicted molar refractivity (Wildman–Crippen MR) is 76.4 cm³/mol. The average molecular weight is 308 g/mol. The standard InChI is InChI=1S/C14H14BrNO2/c1-8(2)10(6-14(17)18)12-7-16-13-4-3-9(15)5-11(12)13/h3-8,16H,1-2H3,(H,17,18)/b10-6+. The summed E-state index contributed by atoms with van der Waals surface area (Å²) in [4.78, 5) is 14.1. The Labute approximate surface area is 114 Å². The van der Waals surface area contributed by atoms with E-state index >= 15 is 0 Å². The van der Waals surface area contributed by atoms with E-state index in [1.807, 2.05) is 38.2 Å². The van der Waals surface area contributed by atoms with Crippen molar-refractivity contribution in [3.63, 3.8) is 0 Å². The molecule has 3 nitrogen and oxygen atoms in total. The van der Waals surface area contributed by atoms with Crippen LogP contribution in [0.15, 0.2) is 34.9 Å². The number of hydrogen-bond donors (Lipinski definition) is 2. The third-order valence-corrected chi connectivity index (χ3v) is 3.35. The van der Waals surface area contributed by atoms with E-state index in [1.165, 1.54) is 6.08 Å². The van der Waals surface area contributed by atoms with E-state index in [0.717, 1.165) is 26.5 Å². The number of aromatic nitrogens is 1. The molecule has 94 valence electrons. The summed E-state index contributed by atoms with van der Waals surface area (Å²) in [5.41, 5.74) is 2.78. The molecule has 0 bridgehead atoms. The second-order valence-electron chi connectivity index (χ2n) is 4.48. The van der Waals surface area contributed by atoms with Crippen molar-refractivity contribution >= 4 is 38.4 Å². The van der Waals surface area contributed by atoms with Gasteiger partial charge in [-0.1, -0.05) is 29.8 Å². The van der Waals surface area contributed by atoms with Gasteiger partial charge in [0.1, 0.15) is 0 Å². The lowest BCUT2D eigenvalue weighted by Crippen LogP contribution is -1.98. The fourth-order valence-corrected chi connectivity index (χ4v) is 2.38. The zero-order chi connectivity index (χ0) is 13.3. The van der Waals surface area contributed by atoms with Gasteiger partial charge in [0.25, 0.3) is 0 Å². The molecule has 0 amide bonds. The van der Waals surface area contributed by atoms with Gasteiger partial charge in [0, 0.05) is 33.2 Å². The van der Waals surface area contributed by atoms with Gasteiger partial charge in [0.15, 0.2) is 0 Å². The molecule has 1 aromatic heterocycles. The molecule has 2 N–H and O–H groups in total. The Morgan fingerprint density at radius 2 is 2.17 bits per heavy atom. The number of carboxylic acid groups (broad SMARTS) is 1. The first-order chi connectivity index (χ1) is 8.49. The van der Waals surface area contributed by atoms with Crippen LogP contribution in [0.4, 0.5) is 0 Å². The molecular formula is C14H14BrNO2. The molecule has 1 aromatic carbocycles.